The molecule has 1 fully saturated rings. The number of anilines is 1. The molecule has 2 unspecified atom stereocenters. The van der Waals surface area contributed by atoms with E-state index in [1.807, 2.05) is 6.07 Å². The maximum Gasteiger partial charge on any atom is 0.0700 e. The van der Waals surface area contributed by atoms with E-state index in [2.05, 4.69) is 43.2 Å². The third-order valence-electron chi connectivity index (χ3n) is 3.48. The van der Waals surface area contributed by atoms with Crippen LogP contribution < -0.4 is 11.1 Å². The van der Waals surface area contributed by atoms with Crippen molar-refractivity contribution >= 4 is 45.4 Å². The van der Waals surface area contributed by atoms with E-state index in [1.165, 1.54) is 12.8 Å². The molecule has 2 nitrogen and oxygen atoms in total. The molecule has 0 saturated heterocycles. The van der Waals surface area contributed by atoms with Crippen molar-refractivity contribution in [3.8, 4) is 0 Å². The lowest BCUT2D eigenvalue weighted by atomic mass is 9.73. The molecule has 0 amide bonds. The summed E-state index contributed by atoms with van der Waals surface area (Å²) in [7, 11) is 5.99. The minimum absolute atomic E-state index is 0.350. The van der Waals surface area contributed by atoms with E-state index in [-0.39, 0.29) is 0 Å². The van der Waals surface area contributed by atoms with Crippen molar-refractivity contribution in [3.63, 3.8) is 0 Å². The zero-order chi connectivity index (χ0) is 13.1. The number of nitrogens with two attached hydrogens (primary N) is 1. The first kappa shape index (κ1) is 14.4. The molecule has 0 spiro atoms. The van der Waals surface area contributed by atoms with Crippen LogP contribution in [0.4, 0.5) is 5.69 Å². The molecule has 0 heterocycles. The molecular weight excluding hydrogens is 355 g/mol. The predicted octanol–water partition coefficient (Wildman–Crippen LogP) is 3.78. The molecule has 1 saturated carbocycles. The first-order chi connectivity index (χ1) is 8.56. The van der Waals surface area contributed by atoms with E-state index in [4.69, 9.17) is 13.6 Å². The topological polar surface area (TPSA) is 38.0 Å². The maximum absolute atomic E-state index is 6.06. The number of hydrogen-bond acceptors (Lipinski definition) is 2. The molecule has 1 aromatic carbocycles. The second-order valence-electron chi connectivity index (χ2n) is 4.96. The fourth-order valence-corrected chi connectivity index (χ4v) is 3.77. The molecule has 3 N–H and O–H groups in total. The zero-order valence-electron chi connectivity index (χ0n) is 10.3. The quantitative estimate of drug-likeness (QED) is 0.626. The molecule has 1 aliphatic rings. The van der Waals surface area contributed by atoms with Gasteiger partial charge in [-0.15, -0.1) is 0 Å². The van der Waals surface area contributed by atoms with Crippen LogP contribution in [-0.4, -0.2) is 13.9 Å². The Morgan fingerprint density at radius 1 is 1.33 bits per heavy atom. The summed E-state index contributed by atoms with van der Waals surface area (Å²) in [6, 6.07) is 4.55. The first-order valence-corrected chi connectivity index (χ1v) is 7.87. The van der Waals surface area contributed by atoms with Crippen molar-refractivity contribution in [2.45, 2.75) is 44.1 Å². The molecular formula is C13H17BBr2N2. The highest BCUT2D eigenvalue weighted by atomic mass is 79.9. The SMILES string of the molecule is [B]C1CCCC(NCc2cc(Br)cc(Br)c2N)C1. The Balaban J connectivity index is 1.97. The molecule has 18 heavy (non-hydrogen) atoms. The standard InChI is InChI=1S/C13H17BBr2N2/c14-9-2-1-3-11(5-9)18-7-8-4-10(15)6-12(16)13(8)17/h4,6,9,11,18H,1-3,5,7,17H2. The smallest absolute Gasteiger partial charge is 0.0700 e. The first-order valence-electron chi connectivity index (χ1n) is 6.28. The van der Waals surface area contributed by atoms with Gasteiger partial charge in [0.25, 0.3) is 0 Å². The molecule has 0 aliphatic heterocycles. The maximum atomic E-state index is 6.06. The lowest BCUT2D eigenvalue weighted by molar-refractivity contribution is 0.373. The van der Waals surface area contributed by atoms with Gasteiger partial charge in [-0.05, 0) is 46.5 Å². The second kappa shape index (κ2) is 6.44. The van der Waals surface area contributed by atoms with E-state index in [0.717, 1.165) is 39.6 Å². The summed E-state index contributed by atoms with van der Waals surface area (Å²) >= 11 is 6.96. The Morgan fingerprint density at radius 2 is 2.11 bits per heavy atom. The summed E-state index contributed by atoms with van der Waals surface area (Å²) in [5.41, 5.74) is 7.99. The van der Waals surface area contributed by atoms with Gasteiger partial charge in [0.1, 0.15) is 0 Å². The van der Waals surface area contributed by atoms with Crippen molar-refractivity contribution in [1.82, 2.24) is 5.32 Å². The lowest BCUT2D eigenvalue weighted by Gasteiger charge is -2.28. The summed E-state index contributed by atoms with van der Waals surface area (Å²) in [5.74, 6) is 0.350. The summed E-state index contributed by atoms with van der Waals surface area (Å²) in [6.07, 6.45) is 4.65. The van der Waals surface area contributed by atoms with Crippen molar-refractivity contribution in [3.05, 3.63) is 26.6 Å². The number of nitrogens with one attached hydrogen (secondary N) is 1. The van der Waals surface area contributed by atoms with Gasteiger partial charge in [0.2, 0.25) is 0 Å². The minimum Gasteiger partial charge on any atom is -0.398 e. The molecule has 2 atom stereocenters. The Hall–Kier alpha value is 0.00494. The van der Waals surface area contributed by atoms with Gasteiger partial charge in [-0.25, -0.2) is 0 Å². The Bertz CT molecular complexity index is 426. The van der Waals surface area contributed by atoms with Crippen LogP contribution >= 0.6 is 31.9 Å². The average molecular weight is 372 g/mol. The number of hydrogen-bond donors (Lipinski definition) is 2. The molecule has 96 valence electrons. The van der Waals surface area contributed by atoms with Gasteiger partial charge >= 0.3 is 0 Å². The van der Waals surface area contributed by atoms with Gasteiger partial charge in [-0.3, -0.25) is 0 Å². The fraction of sp³-hybridized carbons (Fsp3) is 0.538. The number of halogens is 2. The molecule has 1 aromatic rings. The van der Waals surface area contributed by atoms with Crippen molar-refractivity contribution in [1.29, 1.82) is 0 Å². The molecule has 1 aliphatic carbocycles. The molecule has 2 radical (unpaired) electrons. The van der Waals surface area contributed by atoms with Crippen LogP contribution in [0.15, 0.2) is 21.1 Å². The highest BCUT2D eigenvalue weighted by molar-refractivity contribution is 9.11. The number of benzene rings is 1. The van der Waals surface area contributed by atoms with Gasteiger partial charge in [0.05, 0.1) is 13.5 Å². The van der Waals surface area contributed by atoms with Gasteiger partial charge in [-0.1, -0.05) is 34.6 Å². The van der Waals surface area contributed by atoms with Crippen LogP contribution in [0, 0.1) is 0 Å². The Kier molecular flexibility index (Phi) is 5.16. The summed E-state index contributed by atoms with van der Waals surface area (Å²) in [5, 5.41) is 3.56. The van der Waals surface area contributed by atoms with Gasteiger partial charge in [-0.2, -0.15) is 0 Å². The minimum atomic E-state index is 0.350. The monoisotopic (exact) mass is 370 g/mol. The molecule has 2 rings (SSSR count). The van der Waals surface area contributed by atoms with Crippen LogP contribution in [-0.2, 0) is 6.54 Å². The number of nitrogen functional groups attached to an aromatic ring is 1. The van der Waals surface area contributed by atoms with Crippen molar-refractivity contribution in [2.24, 2.45) is 0 Å². The van der Waals surface area contributed by atoms with Crippen molar-refractivity contribution < 1.29 is 0 Å². The molecule has 0 aromatic heterocycles. The largest absolute Gasteiger partial charge is 0.398 e. The van der Waals surface area contributed by atoms with Gasteiger partial charge < -0.3 is 11.1 Å². The van der Waals surface area contributed by atoms with E-state index < -0.39 is 0 Å². The van der Waals surface area contributed by atoms with E-state index in [1.54, 1.807) is 0 Å². The van der Waals surface area contributed by atoms with E-state index in [0.29, 0.717) is 11.9 Å². The fourth-order valence-electron chi connectivity index (χ4n) is 2.45. The highest BCUT2D eigenvalue weighted by Gasteiger charge is 2.18. The van der Waals surface area contributed by atoms with Crippen LogP contribution in [0.1, 0.15) is 31.2 Å². The summed E-state index contributed by atoms with van der Waals surface area (Å²) in [6.45, 7) is 0.793. The summed E-state index contributed by atoms with van der Waals surface area (Å²) in [4.78, 5) is 0. The van der Waals surface area contributed by atoms with E-state index in [9.17, 15) is 0 Å². The van der Waals surface area contributed by atoms with Crippen LogP contribution in [0.2, 0.25) is 5.82 Å². The molecule has 5 heteroatoms. The predicted molar refractivity (Wildman–Crippen MR) is 84.9 cm³/mol. The molecule has 0 bridgehead atoms. The zero-order valence-corrected chi connectivity index (χ0v) is 13.4. The van der Waals surface area contributed by atoms with E-state index >= 15 is 0 Å². The number of rotatable bonds is 3. The highest BCUT2D eigenvalue weighted by Crippen LogP contribution is 2.29. The van der Waals surface area contributed by atoms with Crippen LogP contribution in [0.5, 0.6) is 0 Å². The lowest BCUT2D eigenvalue weighted by Crippen LogP contribution is -2.32. The third kappa shape index (κ3) is 3.75. The van der Waals surface area contributed by atoms with Crippen molar-refractivity contribution in [2.75, 3.05) is 5.73 Å². The second-order valence-corrected chi connectivity index (χ2v) is 6.73. The van der Waals surface area contributed by atoms with Crippen LogP contribution in [0.3, 0.4) is 0 Å². The summed E-state index contributed by atoms with van der Waals surface area (Å²) < 4.78 is 1.98. The Labute approximate surface area is 127 Å². The third-order valence-corrected chi connectivity index (χ3v) is 4.59. The average Bonchev–Trinajstić information content (AvgIpc) is 2.32. The van der Waals surface area contributed by atoms with Gasteiger partial charge in [0, 0.05) is 21.5 Å². The Morgan fingerprint density at radius 3 is 2.83 bits per heavy atom. The van der Waals surface area contributed by atoms with Crippen LogP contribution in [0.25, 0.3) is 0 Å². The normalized spacial score (nSPS) is 24.1. The van der Waals surface area contributed by atoms with Gasteiger partial charge in [0.15, 0.2) is 0 Å².